The molecule has 3 aromatic carbocycles. The number of carbonyl (C=O) groups excluding carboxylic acids is 2. The zero-order chi connectivity index (χ0) is 22.7. The van der Waals surface area contributed by atoms with Gasteiger partial charge in [0, 0.05) is 28.8 Å². The lowest BCUT2D eigenvalue weighted by Crippen LogP contribution is -2.31. The van der Waals surface area contributed by atoms with Crippen molar-refractivity contribution in [1.82, 2.24) is 4.90 Å². The van der Waals surface area contributed by atoms with Crippen LogP contribution in [0.15, 0.2) is 78.9 Å². The van der Waals surface area contributed by atoms with Crippen LogP contribution in [0.2, 0.25) is 0 Å². The summed E-state index contributed by atoms with van der Waals surface area (Å²) in [5.74, 6) is -1.11. The molecule has 32 heavy (non-hydrogen) atoms. The van der Waals surface area contributed by atoms with Gasteiger partial charge < -0.3 is 14.9 Å². The van der Waals surface area contributed by atoms with Gasteiger partial charge >= 0.3 is 5.97 Å². The fourth-order valence-electron chi connectivity index (χ4n) is 3.93. The summed E-state index contributed by atoms with van der Waals surface area (Å²) in [6, 6.07) is 23.1. The van der Waals surface area contributed by atoms with Gasteiger partial charge in [0.05, 0.1) is 5.92 Å². The molecule has 1 aliphatic rings. The summed E-state index contributed by atoms with van der Waals surface area (Å²) < 4.78 is 5.41. The highest BCUT2D eigenvalue weighted by molar-refractivity contribution is 6.09. The first kappa shape index (κ1) is 21.9. The maximum atomic E-state index is 12.7. The van der Waals surface area contributed by atoms with Crippen LogP contribution in [0.5, 0.6) is 0 Å². The lowest BCUT2D eigenvalue weighted by molar-refractivity contribution is -0.148. The summed E-state index contributed by atoms with van der Waals surface area (Å²) in [6.07, 6.45) is -1.89. The Labute approximate surface area is 186 Å². The molecule has 164 valence electrons. The third-order valence-corrected chi connectivity index (χ3v) is 5.81. The minimum absolute atomic E-state index is 0.0217. The number of ether oxygens (including phenoxy) is 1. The van der Waals surface area contributed by atoms with Crippen molar-refractivity contribution in [2.45, 2.75) is 25.3 Å². The van der Waals surface area contributed by atoms with E-state index in [1.165, 1.54) is 4.90 Å². The number of carbonyl (C=O) groups is 2. The first-order chi connectivity index (χ1) is 15.5. The van der Waals surface area contributed by atoms with Crippen LogP contribution in [-0.4, -0.2) is 40.0 Å². The Morgan fingerprint density at radius 3 is 2.12 bits per heavy atom. The number of nitrogens with zero attached hydrogens (tertiary/aromatic N) is 1. The number of aliphatic hydroxyl groups is 2. The van der Waals surface area contributed by atoms with Gasteiger partial charge in [-0.2, -0.15) is 0 Å². The Morgan fingerprint density at radius 1 is 0.875 bits per heavy atom. The fourth-order valence-corrected chi connectivity index (χ4v) is 3.93. The van der Waals surface area contributed by atoms with E-state index in [-0.39, 0.29) is 18.9 Å². The van der Waals surface area contributed by atoms with E-state index in [0.717, 1.165) is 0 Å². The molecule has 6 heteroatoms. The molecule has 3 unspecified atom stereocenters. The lowest BCUT2D eigenvalue weighted by atomic mass is 9.96. The first-order valence-electron chi connectivity index (χ1n) is 10.5. The molecule has 0 aromatic heterocycles. The van der Waals surface area contributed by atoms with Crippen LogP contribution in [0.3, 0.4) is 0 Å². The summed E-state index contributed by atoms with van der Waals surface area (Å²) >= 11 is 0. The van der Waals surface area contributed by atoms with Crippen molar-refractivity contribution in [1.29, 1.82) is 0 Å². The molecule has 1 heterocycles. The van der Waals surface area contributed by atoms with Crippen molar-refractivity contribution in [2.24, 2.45) is 0 Å². The van der Waals surface area contributed by atoms with Crippen molar-refractivity contribution >= 4 is 11.8 Å². The van der Waals surface area contributed by atoms with Gasteiger partial charge in [-0.15, -0.1) is 0 Å². The zero-order valence-corrected chi connectivity index (χ0v) is 17.7. The van der Waals surface area contributed by atoms with Gasteiger partial charge in [0.25, 0.3) is 0 Å². The number of rotatable bonds is 7. The number of ketones is 1. The van der Waals surface area contributed by atoms with Crippen molar-refractivity contribution in [3.63, 3.8) is 0 Å². The highest BCUT2D eigenvalue weighted by Gasteiger charge is 2.35. The smallest absolute Gasteiger partial charge is 0.313 e. The van der Waals surface area contributed by atoms with E-state index in [1.807, 2.05) is 18.2 Å². The van der Waals surface area contributed by atoms with Crippen molar-refractivity contribution in [3.8, 4) is 0 Å². The average molecular weight is 431 g/mol. The molecule has 6 nitrogen and oxygen atoms in total. The Morgan fingerprint density at radius 2 is 1.47 bits per heavy atom. The van der Waals surface area contributed by atoms with E-state index in [1.54, 1.807) is 67.6 Å². The van der Waals surface area contributed by atoms with E-state index in [2.05, 4.69) is 0 Å². The van der Waals surface area contributed by atoms with Crippen LogP contribution in [0.1, 0.15) is 57.9 Å². The molecule has 0 bridgehead atoms. The molecule has 1 aliphatic heterocycles. The number of esters is 1. The summed E-state index contributed by atoms with van der Waals surface area (Å²) in [4.78, 5) is 26.8. The molecule has 0 fully saturated rings. The van der Waals surface area contributed by atoms with Crippen LogP contribution in [0.4, 0.5) is 0 Å². The second kappa shape index (κ2) is 9.44. The second-order valence-electron chi connectivity index (χ2n) is 7.82. The quantitative estimate of drug-likeness (QED) is 0.439. The minimum Gasteiger partial charge on any atom is -0.464 e. The predicted octanol–water partition coefficient (Wildman–Crippen LogP) is 3.56. The van der Waals surface area contributed by atoms with Crippen LogP contribution < -0.4 is 0 Å². The molecule has 3 atom stereocenters. The molecule has 0 radical (unpaired) electrons. The summed E-state index contributed by atoms with van der Waals surface area (Å²) in [7, 11) is 0. The number of fused-ring (bicyclic) bond motifs is 1. The van der Waals surface area contributed by atoms with E-state index in [9.17, 15) is 19.8 Å². The topological polar surface area (TPSA) is 87.1 Å². The van der Waals surface area contributed by atoms with E-state index in [0.29, 0.717) is 27.8 Å². The van der Waals surface area contributed by atoms with Gasteiger partial charge in [-0.3, -0.25) is 9.59 Å². The van der Waals surface area contributed by atoms with Gasteiger partial charge in [-0.1, -0.05) is 72.8 Å². The Kier molecular flexibility index (Phi) is 6.46. The largest absolute Gasteiger partial charge is 0.464 e. The van der Waals surface area contributed by atoms with Crippen LogP contribution in [0, 0.1) is 0 Å². The molecular weight excluding hydrogens is 406 g/mol. The Balaban J connectivity index is 1.36. The summed E-state index contributed by atoms with van der Waals surface area (Å²) in [5, 5.41) is 20.9. The van der Waals surface area contributed by atoms with Gasteiger partial charge in [0.1, 0.15) is 19.1 Å². The van der Waals surface area contributed by atoms with Crippen LogP contribution in [0.25, 0.3) is 0 Å². The highest BCUT2D eigenvalue weighted by Crippen LogP contribution is 2.38. The van der Waals surface area contributed by atoms with E-state index in [4.69, 9.17) is 4.74 Å². The monoisotopic (exact) mass is 431 g/mol. The normalized spacial score (nSPS) is 18.7. The van der Waals surface area contributed by atoms with Gasteiger partial charge in [-0.25, -0.2) is 4.90 Å². The van der Waals surface area contributed by atoms with Crippen molar-refractivity contribution in [2.75, 3.05) is 13.2 Å². The first-order valence-corrected chi connectivity index (χ1v) is 10.5. The second-order valence-corrected chi connectivity index (χ2v) is 7.82. The van der Waals surface area contributed by atoms with Gasteiger partial charge in [0.2, 0.25) is 0 Å². The third kappa shape index (κ3) is 4.34. The Bertz CT molecular complexity index is 1080. The molecular formula is C26H25NO5. The molecule has 4 rings (SSSR count). The summed E-state index contributed by atoms with van der Waals surface area (Å²) in [6.45, 7) is 1.93. The molecule has 0 spiro atoms. The number of hydrogen-bond acceptors (Lipinski definition) is 6. The lowest BCUT2D eigenvalue weighted by Gasteiger charge is -2.24. The van der Waals surface area contributed by atoms with Gasteiger partial charge in [-0.05, 0) is 18.6 Å². The maximum absolute atomic E-state index is 12.7. The SMILES string of the molecule is CC(C(=O)OCCN1C(O)c2ccccc2C1O)c1cccc(C(=O)c2ccccc2)c1. The van der Waals surface area contributed by atoms with Crippen LogP contribution in [-0.2, 0) is 9.53 Å². The fraction of sp³-hybridized carbons (Fsp3) is 0.231. The molecule has 0 aliphatic carbocycles. The predicted molar refractivity (Wildman–Crippen MR) is 119 cm³/mol. The Hall–Kier alpha value is -3.32. The number of benzene rings is 3. The van der Waals surface area contributed by atoms with Crippen molar-refractivity contribution < 1.29 is 24.5 Å². The third-order valence-electron chi connectivity index (χ3n) is 5.81. The van der Waals surface area contributed by atoms with Crippen molar-refractivity contribution in [3.05, 3.63) is 107 Å². The molecule has 2 N–H and O–H groups in total. The van der Waals surface area contributed by atoms with E-state index < -0.39 is 24.3 Å². The minimum atomic E-state index is -0.946. The van der Waals surface area contributed by atoms with Gasteiger partial charge in [0.15, 0.2) is 5.78 Å². The summed E-state index contributed by atoms with van der Waals surface area (Å²) in [5.41, 5.74) is 3.09. The number of hydrogen-bond donors (Lipinski definition) is 2. The standard InChI is InChI=1S/C26H25NO5/c1-17(19-10-7-11-20(16-19)23(28)18-8-3-2-4-9-18)26(31)32-15-14-27-24(29)21-12-5-6-13-22(21)25(27)30/h2-13,16-17,24-25,29-30H,14-15H2,1H3. The molecule has 0 amide bonds. The maximum Gasteiger partial charge on any atom is 0.313 e. The van der Waals surface area contributed by atoms with Crippen LogP contribution >= 0.6 is 0 Å². The average Bonchev–Trinajstić information content (AvgIpc) is 3.08. The van der Waals surface area contributed by atoms with E-state index >= 15 is 0 Å². The molecule has 0 saturated heterocycles. The molecule has 3 aromatic rings. The zero-order valence-electron chi connectivity index (χ0n) is 17.7. The molecule has 0 saturated carbocycles. The number of aliphatic hydroxyl groups excluding tert-OH is 2. The highest BCUT2D eigenvalue weighted by atomic mass is 16.5.